The van der Waals surface area contributed by atoms with Crippen molar-refractivity contribution in [1.29, 1.82) is 0 Å². The number of methoxy groups -OCH3 is 1. The summed E-state index contributed by atoms with van der Waals surface area (Å²) in [5.74, 6) is 0.410. The molecule has 0 aliphatic rings. The third-order valence-corrected chi connectivity index (χ3v) is 4.42. The molecule has 2 N–H and O–H groups in total. The highest BCUT2D eigenvalue weighted by Gasteiger charge is 2.18. The van der Waals surface area contributed by atoms with Gasteiger partial charge in [0.25, 0.3) is 5.91 Å². The maximum Gasteiger partial charge on any atom is 0.252 e. The van der Waals surface area contributed by atoms with Crippen molar-refractivity contribution in [2.75, 3.05) is 18.1 Å². The number of carbonyl (C=O) groups is 1. The van der Waals surface area contributed by atoms with E-state index in [1.54, 1.807) is 32.2 Å². The van der Waals surface area contributed by atoms with Gasteiger partial charge in [0, 0.05) is 11.1 Å². The molecule has 0 spiro atoms. The van der Waals surface area contributed by atoms with E-state index >= 15 is 0 Å². The molecule has 0 aliphatic carbocycles. The second-order valence-corrected chi connectivity index (χ2v) is 7.54. The van der Waals surface area contributed by atoms with Crippen LogP contribution in [-0.4, -0.2) is 27.7 Å². The summed E-state index contributed by atoms with van der Waals surface area (Å²) in [7, 11) is -1.83. The van der Waals surface area contributed by atoms with Gasteiger partial charge in [0.05, 0.1) is 25.1 Å². The van der Waals surface area contributed by atoms with Gasteiger partial charge in [-0.2, -0.15) is 0 Å². The minimum absolute atomic E-state index is 0.269. The summed E-state index contributed by atoms with van der Waals surface area (Å²) in [6.45, 7) is 3.57. The van der Waals surface area contributed by atoms with Crippen LogP contribution in [0.25, 0.3) is 0 Å². The maximum atomic E-state index is 12.6. The number of hydrogen-bond acceptors (Lipinski definition) is 4. The molecule has 0 radical (unpaired) electrons. The highest BCUT2D eigenvalue weighted by atomic mass is 32.2. The van der Waals surface area contributed by atoms with Crippen molar-refractivity contribution in [3.05, 3.63) is 59.2 Å². The lowest BCUT2D eigenvalue weighted by Crippen LogP contribution is -2.27. The van der Waals surface area contributed by atoms with Crippen molar-refractivity contribution in [2.24, 2.45) is 0 Å². The molecule has 0 unspecified atom stereocenters. The first-order valence-corrected chi connectivity index (χ1v) is 9.63. The van der Waals surface area contributed by atoms with Crippen molar-refractivity contribution >= 4 is 21.6 Å². The predicted octanol–water partition coefficient (Wildman–Crippen LogP) is 2.87. The fourth-order valence-corrected chi connectivity index (χ4v) is 3.19. The molecule has 25 heavy (non-hydrogen) atoms. The summed E-state index contributed by atoms with van der Waals surface area (Å²) >= 11 is 0. The quantitative estimate of drug-likeness (QED) is 0.827. The number of ether oxygens (including phenoxy) is 1. The van der Waals surface area contributed by atoms with E-state index in [0.29, 0.717) is 22.6 Å². The number of nitrogens with one attached hydrogen (secondary N) is 2. The second-order valence-electron chi connectivity index (χ2n) is 5.79. The lowest BCUT2D eigenvalue weighted by Gasteiger charge is -2.18. The summed E-state index contributed by atoms with van der Waals surface area (Å²) < 4.78 is 30.6. The van der Waals surface area contributed by atoms with E-state index in [1.165, 1.54) is 0 Å². The van der Waals surface area contributed by atoms with Crippen LogP contribution in [0.1, 0.15) is 34.5 Å². The Morgan fingerprint density at radius 1 is 1.12 bits per heavy atom. The summed E-state index contributed by atoms with van der Waals surface area (Å²) in [4.78, 5) is 12.6. The first-order chi connectivity index (χ1) is 11.7. The average molecular weight is 362 g/mol. The Morgan fingerprint density at radius 3 is 2.44 bits per heavy atom. The van der Waals surface area contributed by atoms with Gasteiger partial charge in [0.15, 0.2) is 0 Å². The Balaban J connectivity index is 2.25. The molecular formula is C18H22N2O4S. The Kier molecular flexibility index (Phi) is 5.69. The zero-order valence-electron chi connectivity index (χ0n) is 14.7. The second kappa shape index (κ2) is 7.57. The number of anilines is 1. The normalized spacial score (nSPS) is 12.3. The highest BCUT2D eigenvalue weighted by Crippen LogP contribution is 2.25. The minimum atomic E-state index is -3.42. The summed E-state index contributed by atoms with van der Waals surface area (Å²) in [6, 6.07) is 12.1. The van der Waals surface area contributed by atoms with Gasteiger partial charge in [0.1, 0.15) is 5.75 Å². The molecule has 2 aromatic carbocycles. The van der Waals surface area contributed by atoms with Crippen LogP contribution in [0.4, 0.5) is 5.69 Å². The monoisotopic (exact) mass is 362 g/mol. The maximum absolute atomic E-state index is 12.6. The highest BCUT2D eigenvalue weighted by molar-refractivity contribution is 7.92. The van der Waals surface area contributed by atoms with E-state index in [4.69, 9.17) is 4.74 Å². The Bertz CT molecular complexity index is 878. The van der Waals surface area contributed by atoms with Gasteiger partial charge in [0.2, 0.25) is 10.0 Å². The van der Waals surface area contributed by atoms with E-state index in [0.717, 1.165) is 11.8 Å². The fraction of sp³-hybridized carbons (Fsp3) is 0.278. The molecule has 0 aliphatic heterocycles. The summed E-state index contributed by atoms with van der Waals surface area (Å²) in [6.07, 6.45) is 1.07. The smallest absolute Gasteiger partial charge is 0.252 e. The van der Waals surface area contributed by atoms with Crippen LogP contribution in [0, 0.1) is 6.92 Å². The Labute approximate surface area is 148 Å². The standard InChI is InChI=1S/C18H22N2O4S/c1-12-14(9-7-10-16(12)20-25(4,22)23)18(21)19-13(2)15-8-5-6-11-17(15)24-3/h5-11,13,20H,1-4H3,(H,19,21)/t13-/m1/s1. The van der Waals surface area contributed by atoms with E-state index in [-0.39, 0.29) is 11.9 Å². The Hall–Kier alpha value is -2.54. The number of carbonyl (C=O) groups excluding carboxylic acids is 1. The molecule has 0 bridgehead atoms. The van der Waals surface area contributed by atoms with Gasteiger partial charge in [-0.3, -0.25) is 9.52 Å². The minimum Gasteiger partial charge on any atom is -0.496 e. The molecule has 0 saturated heterocycles. The zero-order chi connectivity index (χ0) is 18.6. The Morgan fingerprint density at radius 2 is 1.80 bits per heavy atom. The SMILES string of the molecule is COc1ccccc1[C@@H](C)NC(=O)c1cccc(NS(C)(=O)=O)c1C. The average Bonchev–Trinajstić information content (AvgIpc) is 2.55. The van der Waals surface area contributed by atoms with Crippen LogP contribution in [-0.2, 0) is 10.0 Å². The molecule has 1 amide bonds. The third kappa shape index (κ3) is 4.73. The molecule has 0 heterocycles. The molecule has 134 valence electrons. The van der Waals surface area contributed by atoms with E-state index in [2.05, 4.69) is 10.0 Å². The molecule has 0 fully saturated rings. The molecular weight excluding hydrogens is 340 g/mol. The van der Waals surface area contributed by atoms with E-state index in [9.17, 15) is 13.2 Å². The van der Waals surface area contributed by atoms with Crippen molar-refractivity contribution in [3.63, 3.8) is 0 Å². The van der Waals surface area contributed by atoms with Crippen LogP contribution in [0.15, 0.2) is 42.5 Å². The molecule has 2 rings (SSSR count). The molecule has 2 aromatic rings. The number of rotatable bonds is 6. The van der Waals surface area contributed by atoms with Crippen LogP contribution in [0.3, 0.4) is 0 Å². The first kappa shape index (κ1) is 18.8. The zero-order valence-corrected chi connectivity index (χ0v) is 15.5. The summed E-state index contributed by atoms with van der Waals surface area (Å²) in [5.41, 5.74) is 2.23. The van der Waals surface area contributed by atoms with Crippen LogP contribution >= 0.6 is 0 Å². The molecule has 6 nitrogen and oxygen atoms in total. The first-order valence-electron chi connectivity index (χ1n) is 7.74. The van der Waals surface area contributed by atoms with Gasteiger partial charge in [-0.1, -0.05) is 24.3 Å². The van der Waals surface area contributed by atoms with Gasteiger partial charge in [-0.15, -0.1) is 0 Å². The van der Waals surface area contributed by atoms with Gasteiger partial charge in [-0.25, -0.2) is 8.42 Å². The van der Waals surface area contributed by atoms with Crippen molar-refractivity contribution in [3.8, 4) is 5.75 Å². The molecule has 0 aromatic heterocycles. The van der Waals surface area contributed by atoms with Gasteiger partial charge < -0.3 is 10.1 Å². The summed E-state index contributed by atoms with van der Waals surface area (Å²) in [5, 5.41) is 2.92. The molecule has 7 heteroatoms. The van der Waals surface area contributed by atoms with Crippen molar-refractivity contribution in [1.82, 2.24) is 5.32 Å². The van der Waals surface area contributed by atoms with Crippen molar-refractivity contribution < 1.29 is 17.9 Å². The van der Waals surface area contributed by atoms with Crippen molar-refractivity contribution in [2.45, 2.75) is 19.9 Å². The largest absolute Gasteiger partial charge is 0.496 e. The number of amides is 1. The number of hydrogen-bond donors (Lipinski definition) is 2. The third-order valence-electron chi connectivity index (χ3n) is 3.83. The molecule has 0 saturated carbocycles. The lowest BCUT2D eigenvalue weighted by molar-refractivity contribution is 0.0939. The lowest BCUT2D eigenvalue weighted by atomic mass is 10.0. The fourth-order valence-electron chi connectivity index (χ4n) is 2.57. The topological polar surface area (TPSA) is 84.5 Å². The van der Waals surface area contributed by atoms with Crippen LogP contribution in [0.5, 0.6) is 5.75 Å². The van der Waals surface area contributed by atoms with Crippen LogP contribution in [0.2, 0.25) is 0 Å². The number of sulfonamides is 1. The number of benzene rings is 2. The van der Waals surface area contributed by atoms with E-state index in [1.807, 2.05) is 31.2 Å². The number of para-hydroxylation sites is 1. The van der Waals surface area contributed by atoms with Gasteiger partial charge >= 0.3 is 0 Å². The van der Waals surface area contributed by atoms with E-state index < -0.39 is 10.0 Å². The molecule has 1 atom stereocenters. The van der Waals surface area contributed by atoms with Gasteiger partial charge in [-0.05, 0) is 37.6 Å². The van der Waals surface area contributed by atoms with Crippen LogP contribution < -0.4 is 14.8 Å². The predicted molar refractivity (Wildman–Crippen MR) is 98.5 cm³/mol.